The third kappa shape index (κ3) is 4.31. The highest BCUT2D eigenvalue weighted by Crippen LogP contribution is 2.52. The van der Waals surface area contributed by atoms with E-state index in [1.165, 1.54) is 64.2 Å². The molecule has 2 heteroatoms. The lowest BCUT2D eigenvalue weighted by Crippen LogP contribution is -2.50. The predicted octanol–water partition coefficient (Wildman–Crippen LogP) is 5.70. The van der Waals surface area contributed by atoms with Crippen LogP contribution in [-0.2, 0) is 9.47 Å². The Morgan fingerprint density at radius 3 is 1.96 bits per heavy atom. The van der Waals surface area contributed by atoms with Crippen LogP contribution in [0.5, 0.6) is 0 Å². The highest BCUT2D eigenvalue weighted by atomic mass is 16.5. The summed E-state index contributed by atoms with van der Waals surface area (Å²) in [5, 5.41) is 0. The van der Waals surface area contributed by atoms with E-state index in [0.717, 1.165) is 36.9 Å². The van der Waals surface area contributed by atoms with Gasteiger partial charge in [0, 0.05) is 19.6 Å². The zero-order chi connectivity index (χ0) is 16.7. The fourth-order valence-electron chi connectivity index (χ4n) is 6.09. The smallest absolute Gasteiger partial charge is 0.0546 e. The van der Waals surface area contributed by atoms with E-state index in [1.807, 2.05) is 14.2 Å². The van der Waals surface area contributed by atoms with Crippen LogP contribution in [0.15, 0.2) is 0 Å². The molecule has 0 aromatic carbocycles. The third-order valence-corrected chi connectivity index (χ3v) is 7.12. The molecule has 23 heavy (non-hydrogen) atoms. The normalized spacial score (nSPS) is 28.7. The first-order chi connectivity index (χ1) is 11.2. The summed E-state index contributed by atoms with van der Waals surface area (Å²) < 4.78 is 11.7. The average molecular weight is 325 g/mol. The maximum absolute atomic E-state index is 5.84. The third-order valence-electron chi connectivity index (χ3n) is 7.12. The lowest BCUT2D eigenvalue weighted by Gasteiger charge is -2.51. The van der Waals surface area contributed by atoms with E-state index >= 15 is 0 Å². The van der Waals surface area contributed by atoms with Gasteiger partial charge in [-0.3, -0.25) is 0 Å². The highest BCUT2D eigenvalue weighted by molar-refractivity contribution is 4.97. The first-order valence-corrected chi connectivity index (χ1v) is 10.2. The van der Waals surface area contributed by atoms with Crippen LogP contribution in [0.3, 0.4) is 0 Å². The fourth-order valence-corrected chi connectivity index (χ4v) is 6.09. The van der Waals surface area contributed by atoms with Crippen LogP contribution in [-0.4, -0.2) is 27.4 Å². The summed E-state index contributed by atoms with van der Waals surface area (Å²) in [6.07, 6.45) is 13.9. The van der Waals surface area contributed by atoms with Gasteiger partial charge in [-0.2, -0.15) is 0 Å². The Morgan fingerprint density at radius 2 is 1.43 bits per heavy atom. The number of hydrogen-bond donors (Lipinski definition) is 0. The van der Waals surface area contributed by atoms with Crippen LogP contribution in [0.2, 0.25) is 0 Å². The molecule has 0 amide bonds. The summed E-state index contributed by atoms with van der Waals surface area (Å²) in [5.41, 5.74) is 0.231. The average Bonchev–Trinajstić information content (AvgIpc) is 2.58. The topological polar surface area (TPSA) is 18.5 Å². The molecule has 0 saturated heterocycles. The van der Waals surface area contributed by atoms with Crippen LogP contribution >= 0.6 is 0 Å². The first kappa shape index (κ1) is 19.2. The van der Waals surface area contributed by atoms with Gasteiger partial charge in [-0.25, -0.2) is 0 Å². The monoisotopic (exact) mass is 324 g/mol. The summed E-state index contributed by atoms with van der Waals surface area (Å²) in [6, 6.07) is 0. The highest BCUT2D eigenvalue weighted by Gasteiger charge is 2.48. The van der Waals surface area contributed by atoms with Crippen molar-refractivity contribution in [2.75, 3.05) is 27.4 Å². The largest absolute Gasteiger partial charge is 0.384 e. The van der Waals surface area contributed by atoms with E-state index in [-0.39, 0.29) is 5.41 Å². The molecule has 0 radical (unpaired) electrons. The van der Waals surface area contributed by atoms with E-state index in [1.54, 1.807) is 0 Å². The molecule has 3 atom stereocenters. The van der Waals surface area contributed by atoms with Crippen LogP contribution in [0.4, 0.5) is 0 Å². The molecule has 0 aliphatic heterocycles. The van der Waals surface area contributed by atoms with Gasteiger partial charge < -0.3 is 9.47 Å². The molecule has 0 aromatic heterocycles. The number of ether oxygens (including phenoxy) is 2. The van der Waals surface area contributed by atoms with Gasteiger partial charge >= 0.3 is 0 Å². The lowest BCUT2D eigenvalue weighted by molar-refractivity contribution is -0.107. The molecule has 0 aromatic rings. The minimum Gasteiger partial charge on any atom is -0.384 e. The molecular weight excluding hydrogens is 284 g/mol. The van der Waals surface area contributed by atoms with Crippen molar-refractivity contribution in [1.82, 2.24) is 0 Å². The van der Waals surface area contributed by atoms with E-state index in [9.17, 15) is 0 Å². The van der Waals surface area contributed by atoms with Crippen molar-refractivity contribution in [3.63, 3.8) is 0 Å². The van der Waals surface area contributed by atoms with Gasteiger partial charge in [-0.05, 0) is 42.9 Å². The van der Waals surface area contributed by atoms with Crippen LogP contribution in [0, 0.1) is 29.1 Å². The zero-order valence-electron chi connectivity index (χ0n) is 16.1. The maximum atomic E-state index is 5.84. The second-order valence-electron chi connectivity index (χ2n) is 8.37. The molecule has 2 rings (SSSR count). The van der Waals surface area contributed by atoms with Gasteiger partial charge in [-0.15, -0.1) is 0 Å². The number of methoxy groups -OCH3 is 2. The van der Waals surface area contributed by atoms with Crippen LogP contribution in [0.25, 0.3) is 0 Å². The van der Waals surface area contributed by atoms with E-state index in [4.69, 9.17) is 9.47 Å². The van der Waals surface area contributed by atoms with Crippen molar-refractivity contribution < 1.29 is 9.47 Å². The number of rotatable bonds is 8. The van der Waals surface area contributed by atoms with Crippen molar-refractivity contribution in [3.8, 4) is 0 Å². The quantitative estimate of drug-likeness (QED) is 0.570. The Balaban J connectivity index is 2.30. The SMILES string of the molecule is CCC(C1CCCCC1C)C(COC)(COC)C1CCCCC1. The molecule has 2 fully saturated rings. The molecule has 136 valence electrons. The molecule has 0 heterocycles. The Morgan fingerprint density at radius 1 is 0.870 bits per heavy atom. The van der Waals surface area contributed by atoms with Crippen molar-refractivity contribution in [2.45, 2.75) is 78.1 Å². The van der Waals surface area contributed by atoms with E-state index in [0.29, 0.717) is 0 Å². The van der Waals surface area contributed by atoms with Gasteiger partial charge in [0.05, 0.1) is 13.2 Å². The molecule has 2 saturated carbocycles. The zero-order valence-corrected chi connectivity index (χ0v) is 16.1. The molecule has 3 unspecified atom stereocenters. The Bertz CT molecular complexity index is 316. The van der Waals surface area contributed by atoms with Crippen molar-refractivity contribution in [2.24, 2.45) is 29.1 Å². The molecule has 2 nitrogen and oxygen atoms in total. The van der Waals surface area contributed by atoms with Gasteiger partial charge in [0.2, 0.25) is 0 Å². The Hall–Kier alpha value is -0.0800. The van der Waals surface area contributed by atoms with Gasteiger partial charge in [0.25, 0.3) is 0 Å². The van der Waals surface area contributed by atoms with Gasteiger partial charge in [0.15, 0.2) is 0 Å². The first-order valence-electron chi connectivity index (χ1n) is 10.2. The lowest BCUT2D eigenvalue weighted by atomic mass is 9.55. The summed E-state index contributed by atoms with van der Waals surface area (Å²) >= 11 is 0. The Kier molecular flexibility index (Phi) is 7.88. The van der Waals surface area contributed by atoms with Crippen molar-refractivity contribution >= 4 is 0 Å². The van der Waals surface area contributed by atoms with Crippen LogP contribution in [0.1, 0.15) is 78.1 Å². The van der Waals surface area contributed by atoms with Gasteiger partial charge in [0.1, 0.15) is 0 Å². The summed E-state index contributed by atoms with van der Waals surface area (Å²) in [7, 11) is 3.79. The van der Waals surface area contributed by atoms with Crippen molar-refractivity contribution in [1.29, 1.82) is 0 Å². The predicted molar refractivity (Wildman–Crippen MR) is 97.7 cm³/mol. The fraction of sp³-hybridized carbons (Fsp3) is 1.00. The minimum absolute atomic E-state index is 0.231. The second kappa shape index (κ2) is 9.42. The van der Waals surface area contributed by atoms with Crippen molar-refractivity contribution in [3.05, 3.63) is 0 Å². The summed E-state index contributed by atoms with van der Waals surface area (Å²) in [4.78, 5) is 0. The van der Waals surface area contributed by atoms with Crippen LogP contribution < -0.4 is 0 Å². The summed E-state index contributed by atoms with van der Waals surface area (Å²) in [6.45, 7) is 6.67. The number of hydrogen-bond acceptors (Lipinski definition) is 2. The van der Waals surface area contributed by atoms with Gasteiger partial charge in [-0.1, -0.05) is 58.8 Å². The Labute approximate surface area is 144 Å². The second-order valence-corrected chi connectivity index (χ2v) is 8.37. The van der Waals surface area contributed by atoms with E-state index < -0.39 is 0 Å². The molecular formula is C21H40O2. The maximum Gasteiger partial charge on any atom is 0.0546 e. The minimum atomic E-state index is 0.231. The standard InChI is InChI=1S/C21H40O2/c1-5-20(19-14-10-9-11-17(19)2)21(15-22-3,16-23-4)18-12-7-6-8-13-18/h17-20H,5-16H2,1-4H3. The van der Waals surface area contributed by atoms with E-state index in [2.05, 4.69) is 13.8 Å². The molecule has 0 spiro atoms. The molecule has 2 aliphatic carbocycles. The molecule has 2 aliphatic rings. The molecule has 0 N–H and O–H groups in total. The molecule has 0 bridgehead atoms. The summed E-state index contributed by atoms with van der Waals surface area (Å²) in [5.74, 6) is 3.27.